The average Bonchev–Trinajstić information content (AvgIpc) is 2.82. The van der Waals surface area contributed by atoms with Gasteiger partial charge < -0.3 is 9.72 Å². The average molecular weight is 244 g/mol. The second kappa shape index (κ2) is 4.92. The quantitative estimate of drug-likeness (QED) is 0.838. The van der Waals surface area contributed by atoms with Gasteiger partial charge in [-0.1, -0.05) is 12.1 Å². The number of benzene rings is 1. The van der Waals surface area contributed by atoms with Gasteiger partial charge in [0.1, 0.15) is 6.29 Å². The van der Waals surface area contributed by atoms with Crippen molar-refractivity contribution in [2.24, 2.45) is 0 Å². The summed E-state index contributed by atoms with van der Waals surface area (Å²) in [7, 11) is 0. The van der Waals surface area contributed by atoms with Crippen LogP contribution in [0.4, 0.5) is 0 Å². The SMILES string of the molecule is O=Cc1ccc2c(CN3CCOCC3)c[nH]c2c1. The van der Waals surface area contributed by atoms with Crippen molar-refractivity contribution < 1.29 is 9.53 Å². The highest BCUT2D eigenvalue weighted by Gasteiger charge is 2.13. The van der Waals surface area contributed by atoms with E-state index in [2.05, 4.69) is 9.88 Å². The van der Waals surface area contributed by atoms with E-state index in [1.807, 2.05) is 24.4 Å². The number of aromatic nitrogens is 1. The zero-order valence-electron chi connectivity index (χ0n) is 10.2. The Morgan fingerprint density at radius 1 is 1.33 bits per heavy atom. The molecule has 4 nitrogen and oxygen atoms in total. The van der Waals surface area contributed by atoms with E-state index in [9.17, 15) is 4.79 Å². The van der Waals surface area contributed by atoms with Crippen LogP contribution in [0.15, 0.2) is 24.4 Å². The lowest BCUT2D eigenvalue weighted by Crippen LogP contribution is -2.35. The molecule has 0 saturated carbocycles. The molecule has 2 aromatic rings. The van der Waals surface area contributed by atoms with Gasteiger partial charge in [0.25, 0.3) is 0 Å². The highest BCUT2D eigenvalue weighted by molar-refractivity contribution is 5.89. The van der Waals surface area contributed by atoms with Crippen molar-refractivity contribution >= 4 is 17.2 Å². The molecule has 1 aliphatic heterocycles. The highest BCUT2D eigenvalue weighted by atomic mass is 16.5. The molecule has 1 saturated heterocycles. The lowest BCUT2D eigenvalue weighted by atomic mass is 10.1. The zero-order chi connectivity index (χ0) is 12.4. The van der Waals surface area contributed by atoms with Crippen LogP contribution in [0.3, 0.4) is 0 Å². The number of rotatable bonds is 3. The molecule has 3 rings (SSSR count). The Hall–Kier alpha value is -1.65. The molecule has 1 N–H and O–H groups in total. The maximum atomic E-state index is 10.7. The summed E-state index contributed by atoms with van der Waals surface area (Å²) in [6.45, 7) is 4.54. The van der Waals surface area contributed by atoms with Crippen LogP contribution in [0, 0.1) is 0 Å². The van der Waals surface area contributed by atoms with Gasteiger partial charge in [0, 0.05) is 42.3 Å². The largest absolute Gasteiger partial charge is 0.379 e. The van der Waals surface area contributed by atoms with Crippen LogP contribution < -0.4 is 0 Å². The molecule has 2 heterocycles. The van der Waals surface area contributed by atoms with E-state index < -0.39 is 0 Å². The smallest absolute Gasteiger partial charge is 0.150 e. The summed E-state index contributed by atoms with van der Waals surface area (Å²) in [4.78, 5) is 16.4. The van der Waals surface area contributed by atoms with E-state index in [1.54, 1.807) is 0 Å². The Balaban J connectivity index is 1.85. The minimum atomic E-state index is 0.710. The number of carbonyl (C=O) groups excluding carboxylic acids is 1. The minimum absolute atomic E-state index is 0.710. The maximum Gasteiger partial charge on any atom is 0.150 e. The van der Waals surface area contributed by atoms with Crippen molar-refractivity contribution in [3.05, 3.63) is 35.5 Å². The van der Waals surface area contributed by atoms with Crippen molar-refractivity contribution in [2.75, 3.05) is 26.3 Å². The molecule has 0 spiro atoms. The molecule has 0 bridgehead atoms. The number of H-pyrrole nitrogens is 1. The minimum Gasteiger partial charge on any atom is -0.379 e. The fourth-order valence-corrected chi connectivity index (χ4v) is 2.41. The maximum absolute atomic E-state index is 10.7. The molecule has 1 aromatic heterocycles. The summed E-state index contributed by atoms with van der Waals surface area (Å²) in [5.74, 6) is 0. The van der Waals surface area contributed by atoms with Gasteiger partial charge in [-0.3, -0.25) is 9.69 Å². The van der Waals surface area contributed by atoms with Gasteiger partial charge in [-0.05, 0) is 11.6 Å². The molecule has 0 amide bonds. The molecule has 94 valence electrons. The number of aromatic amines is 1. The fourth-order valence-electron chi connectivity index (χ4n) is 2.41. The van der Waals surface area contributed by atoms with Gasteiger partial charge >= 0.3 is 0 Å². The number of carbonyl (C=O) groups is 1. The molecule has 4 heteroatoms. The first-order valence-corrected chi connectivity index (χ1v) is 6.22. The third-order valence-corrected chi connectivity index (χ3v) is 3.43. The lowest BCUT2D eigenvalue weighted by molar-refractivity contribution is 0.0343. The number of fused-ring (bicyclic) bond motifs is 1. The van der Waals surface area contributed by atoms with E-state index in [4.69, 9.17) is 4.74 Å². The molecule has 0 aliphatic carbocycles. The Labute approximate surface area is 106 Å². The number of hydrogen-bond donors (Lipinski definition) is 1. The molecule has 0 unspecified atom stereocenters. The molecular weight excluding hydrogens is 228 g/mol. The Morgan fingerprint density at radius 2 is 2.17 bits per heavy atom. The number of ether oxygens (including phenoxy) is 1. The molecule has 1 aliphatic rings. The highest BCUT2D eigenvalue weighted by Crippen LogP contribution is 2.21. The zero-order valence-corrected chi connectivity index (χ0v) is 10.2. The van der Waals surface area contributed by atoms with E-state index in [0.717, 1.165) is 44.7 Å². The number of nitrogens with one attached hydrogen (secondary N) is 1. The summed E-state index contributed by atoms with van der Waals surface area (Å²) in [6.07, 6.45) is 2.91. The second-order valence-electron chi connectivity index (χ2n) is 4.63. The molecular formula is C14H16N2O2. The third kappa shape index (κ3) is 2.17. The van der Waals surface area contributed by atoms with Gasteiger partial charge in [0.15, 0.2) is 0 Å². The normalized spacial score (nSPS) is 17.1. The standard InChI is InChI=1S/C14H16N2O2/c17-10-11-1-2-13-12(8-15-14(13)7-11)9-16-3-5-18-6-4-16/h1-2,7-8,10,15H,3-6,9H2. The molecule has 0 radical (unpaired) electrons. The summed E-state index contributed by atoms with van der Waals surface area (Å²) in [6, 6.07) is 5.78. The first-order valence-electron chi connectivity index (χ1n) is 6.22. The van der Waals surface area contributed by atoms with Gasteiger partial charge in [0.2, 0.25) is 0 Å². The van der Waals surface area contributed by atoms with Crippen LogP contribution >= 0.6 is 0 Å². The fraction of sp³-hybridized carbons (Fsp3) is 0.357. The van der Waals surface area contributed by atoms with Crippen LogP contribution in [-0.4, -0.2) is 42.5 Å². The van der Waals surface area contributed by atoms with Crippen molar-refractivity contribution in [1.29, 1.82) is 0 Å². The van der Waals surface area contributed by atoms with Crippen molar-refractivity contribution in [2.45, 2.75) is 6.54 Å². The summed E-state index contributed by atoms with van der Waals surface area (Å²) in [5, 5.41) is 1.20. The predicted octanol–water partition coefficient (Wildman–Crippen LogP) is 1.81. The van der Waals surface area contributed by atoms with Crippen LogP contribution in [0.5, 0.6) is 0 Å². The van der Waals surface area contributed by atoms with Gasteiger partial charge in [-0.2, -0.15) is 0 Å². The summed E-state index contributed by atoms with van der Waals surface area (Å²) < 4.78 is 5.35. The van der Waals surface area contributed by atoms with Crippen molar-refractivity contribution in [1.82, 2.24) is 9.88 Å². The first kappa shape index (κ1) is 11.4. The van der Waals surface area contributed by atoms with Crippen LogP contribution in [0.1, 0.15) is 15.9 Å². The van der Waals surface area contributed by atoms with E-state index in [0.29, 0.717) is 5.56 Å². The number of nitrogens with zero attached hydrogens (tertiary/aromatic N) is 1. The molecule has 1 aromatic carbocycles. The number of aldehydes is 1. The summed E-state index contributed by atoms with van der Waals surface area (Å²) in [5.41, 5.74) is 3.02. The van der Waals surface area contributed by atoms with Crippen molar-refractivity contribution in [3.8, 4) is 0 Å². The topological polar surface area (TPSA) is 45.3 Å². The number of hydrogen-bond acceptors (Lipinski definition) is 3. The van der Waals surface area contributed by atoms with Gasteiger partial charge in [0.05, 0.1) is 13.2 Å². The van der Waals surface area contributed by atoms with Crippen molar-refractivity contribution in [3.63, 3.8) is 0 Å². The molecule has 0 atom stereocenters. The summed E-state index contributed by atoms with van der Waals surface area (Å²) >= 11 is 0. The monoisotopic (exact) mass is 244 g/mol. The first-order chi connectivity index (χ1) is 8.86. The predicted molar refractivity (Wildman–Crippen MR) is 69.8 cm³/mol. The Kier molecular flexibility index (Phi) is 3.13. The third-order valence-electron chi connectivity index (χ3n) is 3.43. The van der Waals surface area contributed by atoms with Crippen LogP contribution in [0.25, 0.3) is 10.9 Å². The lowest BCUT2D eigenvalue weighted by Gasteiger charge is -2.26. The van der Waals surface area contributed by atoms with E-state index in [-0.39, 0.29) is 0 Å². The van der Waals surface area contributed by atoms with Gasteiger partial charge in [-0.25, -0.2) is 0 Å². The number of morpholine rings is 1. The van der Waals surface area contributed by atoms with E-state index in [1.165, 1.54) is 10.9 Å². The molecule has 18 heavy (non-hydrogen) atoms. The Morgan fingerprint density at radius 3 is 2.94 bits per heavy atom. The van der Waals surface area contributed by atoms with Gasteiger partial charge in [-0.15, -0.1) is 0 Å². The van der Waals surface area contributed by atoms with Crippen LogP contribution in [-0.2, 0) is 11.3 Å². The Bertz CT molecular complexity index is 556. The molecule has 1 fully saturated rings. The second-order valence-corrected chi connectivity index (χ2v) is 4.63. The van der Waals surface area contributed by atoms with Crippen LogP contribution in [0.2, 0.25) is 0 Å². The van der Waals surface area contributed by atoms with E-state index >= 15 is 0 Å².